The molecule has 0 saturated heterocycles. The van der Waals surface area contributed by atoms with Gasteiger partial charge in [-0.15, -0.1) is 0 Å². The Hall–Kier alpha value is -4.41. The standard InChI is InChI=1S/C19H15N7O4/c27-17(22-21-10-12-5-1-4-8-15(12)26(29)30)9-16-19(28)24-23-18-13-6-2-3-7-14(13)20-11-25(16)18/h1-8,10-11,16H,9H2,(H,22,27)(H,24,28)/b21-10+. The number of nitro benzene ring substituents is 1. The molecule has 0 fully saturated rings. The Morgan fingerprint density at radius 3 is 2.87 bits per heavy atom. The van der Waals surface area contributed by atoms with E-state index in [2.05, 4.69) is 26.0 Å². The summed E-state index contributed by atoms with van der Waals surface area (Å²) in [7, 11) is 0. The maximum Gasteiger partial charge on any atom is 0.278 e. The largest absolute Gasteiger partial charge is 0.302 e. The molecule has 0 radical (unpaired) electrons. The van der Waals surface area contributed by atoms with Crippen LogP contribution in [0.5, 0.6) is 0 Å². The number of para-hydroxylation sites is 2. The van der Waals surface area contributed by atoms with Crippen molar-refractivity contribution < 1.29 is 14.5 Å². The molecule has 0 aliphatic carbocycles. The molecule has 2 amide bonds. The average Bonchev–Trinajstić information content (AvgIpc) is 2.75. The minimum Gasteiger partial charge on any atom is -0.302 e. The molecule has 30 heavy (non-hydrogen) atoms. The Morgan fingerprint density at radius 1 is 1.27 bits per heavy atom. The van der Waals surface area contributed by atoms with E-state index in [1.165, 1.54) is 35.7 Å². The number of hydrazone groups is 2. The highest BCUT2D eigenvalue weighted by atomic mass is 16.6. The van der Waals surface area contributed by atoms with Crippen molar-refractivity contribution in [1.29, 1.82) is 0 Å². The van der Waals surface area contributed by atoms with Gasteiger partial charge >= 0.3 is 0 Å². The molecule has 0 bridgehead atoms. The smallest absolute Gasteiger partial charge is 0.278 e. The van der Waals surface area contributed by atoms with Gasteiger partial charge in [-0.05, 0) is 18.2 Å². The number of carbonyl (C=O) groups excluding carboxylic acids is 2. The summed E-state index contributed by atoms with van der Waals surface area (Å²) < 4.78 is 0. The minimum atomic E-state index is -0.865. The van der Waals surface area contributed by atoms with Crippen LogP contribution in [0.1, 0.15) is 17.5 Å². The zero-order chi connectivity index (χ0) is 21.1. The molecule has 2 aliphatic heterocycles. The summed E-state index contributed by atoms with van der Waals surface area (Å²) in [5, 5.41) is 18.9. The highest BCUT2D eigenvalue weighted by Gasteiger charge is 2.36. The second-order valence-electron chi connectivity index (χ2n) is 6.41. The molecule has 0 saturated carbocycles. The van der Waals surface area contributed by atoms with Crippen LogP contribution in [-0.4, -0.2) is 46.1 Å². The summed E-state index contributed by atoms with van der Waals surface area (Å²) in [6, 6.07) is 12.4. The monoisotopic (exact) mass is 405 g/mol. The first-order valence-corrected chi connectivity index (χ1v) is 8.89. The van der Waals surface area contributed by atoms with Gasteiger partial charge in [0.2, 0.25) is 5.91 Å². The molecule has 11 nitrogen and oxygen atoms in total. The highest BCUT2D eigenvalue weighted by Crippen LogP contribution is 2.27. The molecule has 0 spiro atoms. The molecule has 2 aromatic carbocycles. The number of aliphatic imine (C=N–C) groups is 1. The number of fused-ring (bicyclic) bond motifs is 3. The quantitative estimate of drug-likeness (QED) is 0.438. The number of carbonyl (C=O) groups is 2. The Balaban J connectivity index is 1.46. The highest BCUT2D eigenvalue weighted by molar-refractivity contribution is 6.14. The lowest BCUT2D eigenvalue weighted by Gasteiger charge is -2.34. The van der Waals surface area contributed by atoms with Gasteiger partial charge in [-0.1, -0.05) is 24.3 Å². The zero-order valence-electron chi connectivity index (χ0n) is 15.4. The lowest BCUT2D eigenvalue weighted by Crippen LogP contribution is -2.55. The molecular weight excluding hydrogens is 390 g/mol. The molecule has 2 heterocycles. The second-order valence-corrected chi connectivity index (χ2v) is 6.41. The summed E-state index contributed by atoms with van der Waals surface area (Å²) in [4.78, 5) is 41.0. The van der Waals surface area contributed by atoms with E-state index in [9.17, 15) is 19.7 Å². The molecular formula is C19H15N7O4. The fourth-order valence-electron chi connectivity index (χ4n) is 3.10. The van der Waals surface area contributed by atoms with Crippen LogP contribution in [0.2, 0.25) is 0 Å². The van der Waals surface area contributed by atoms with Gasteiger partial charge in [0.25, 0.3) is 11.6 Å². The van der Waals surface area contributed by atoms with Crippen LogP contribution in [0.4, 0.5) is 11.4 Å². The van der Waals surface area contributed by atoms with Crippen molar-refractivity contribution in [2.45, 2.75) is 12.5 Å². The number of rotatable bonds is 5. The number of hydrogen-bond acceptors (Lipinski definition) is 8. The summed E-state index contributed by atoms with van der Waals surface area (Å²) in [6.07, 6.45) is 2.43. The summed E-state index contributed by atoms with van der Waals surface area (Å²) in [5.74, 6) is -0.512. The molecule has 2 aromatic rings. The van der Waals surface area contributed by atoms with Gasteiger partial charge < -0.3 is 4.90 Å². The first-order valence-electron chi connectivity index (χ1n) is 8.89. The Bertz CT molecular complexity index is 1130. The van der Waals surface area contributed by atoms with E-state index in [1.807, 2.05) is 24.3 Å². The van der Waals surface area contributed by atoms with Gasteiger partial charge in [-0.2, -0.15) is 10.2 Å². The molecule has 1 unspecified atom stereocenters. The van der Waals surface area contributed by atoms with Gasteiger partial charge in [0.1, 0.15) is 6.04 Å². The molecule has 1 atom stereocenters. The molecule has 2 aliphatic rings. The van der Waals surface area contributed by atoms with Crippen LogP contribution < -0.4 is 10.9 Å². The Kier molecular flexibility index (Phi) is 4.99. The molecule has 2 N–H and O–H groups in total. The topological polar surface area (TPSA) is 142 Å². The van der Waals surface area contributed by atoms with E-state index >= 15 is 0 Å². The molecule has 150 valence electrons. The minimum absolute atomic E-state index is 0.133. The molecule has 11 heteroatoms. The van der Waals surface area contributed by atoms with Crippen molar-refractivity contribution in [3.05, 3.63) is 69.8 Å². The van der Waals surface area contributed by atoms with Crippen molar-refractivity contribution in [2.24, 2.45) is 15.2 Å². The normalized spacial score (nSPS) is 17.1. The van der Waals surface area contributed by atoms with E-state index in [0.717, 1.165) is 5.56 Å². The average molecular weight is 405 g/mol. The van der Waals surface area contributed by atoms with Gasteiger partial charge in [-0.25, -0.2) is 15.8 Å². The lowest BCUT2D eigenvalue weighted by molar-refractivity contribution is -0.385. The molecule has 0 aromatic heterocycles. The van der Waals surface area contributed by atoms with E-state index in [4.69, 9.17) is 0 Å². The number of amides is 2. The zero-order valence-corrected chi connectivity index (χ0v) is 15.4. The summed E-state index contributed by atoms with van der Waals surface area (Å²) >= 11 is 0. The predicted octanol–water partition coefficient (Wildman–Crippen LogP) is 1.27. The van der Waals surface area contributed by atoms with Gasteiger partial charge in [-0.3, -0.25) is 19.7 Å². The van der Waals surface area contributed by atoms with E-state index < -0.39 is 22.8 Å². The Labute approximate surface area is 169 Å². The first kappa shape index (κ1) is 18.9. The van der Waals surface area contributed by atoms with Crippen molar-refractivity contribution in [2.75, 3.05) is 0 Å². The van der Waals surface area contributed by atoms with Crippen LogP contribution >= 0.6 is 0 Å². The summed E-state index contributed by atoms with van der Waals surface area (Å²) in [6.45, 7) is 0. The number of benzene rings is 2. The fraction of sp³-hybridized carbons (Fsp3) is 0.105. The van der Waals surface area contributed by atoms with Gasteiger partial charge in [0, 0.05) is 11.6 Å². The van der Waals surface area contributed by atoms with Crippen molar-refractivity contribution in [1.82, 2.24) is 15.8 Å². The predicted molar refractivity (Wildman–Crippen MR) is 108 cm³/mol. The number of nitrogens with one attached hydrogen (secondary N) is 2. The summed E-state index contributed by atoms with van der Waals surface area (Å²) in [5.41, 5.74) is 6.28. The number of hydrogen-bond donors (Lipinski definition) is 2. The Morgan fingerprint density at radius 2 is 2.03 bits per heavy atom. The van der Waals surface area contributed by atoms with Crippen LogP contribution in [0.3, 0.4) is 0 Å². The second kappa shape index (κ2) is 7.91. The van der Waals surface area contributed by atoms with Crippen molar-refractivity contribution in [3.63, 3.8) is 0 Å². The third kappa shape index (κ3) is 3.63. The van der Waals surface area contributed by atoms with Crippen molar-refractivity contribution >= 4 is 41.6 Å². The maximum atomic E-state index is 12.3. The molecule has 4 rings (SSSR count). The number of nitrogens with zero attached hydrogens (tertiary/aromatic N) is 5. The third-order valence-corrected chi connectivity index (χ3v) is 4.53. The van der Waals surface area contributed by atoms with Crippen LogP contribution in [0, 0.1) is 10.1 Å². The van der Waals surface area contributed by atoms with Gasteiger partial charge in [0.15, 0.2) is 5.84 Å². The SMILES string of the molecule is O=C(CC1C(=O)NN=C2c3ccccc3N=CN21)N/N=C/c1ccccc1[N+](=O)[O-]. The van der Waals surface area contributed by atoms with E-state index in [1.54, 1.807) is 6.07 Å². The first-order chi connectivity index (χ1) is 14.5. The number of amidine groups is 1. The van der Waals surface area contributed by atoms with Gasteiger partial charge in [0.05, 0.1) is 35.1 Å². The van der Waals surface area contributed by atoms with Crippen LogP contribution in [-0.2, 0) is 9.59 Å². The van der Waals surface area contributed by atoms with Crippen LogP contribution in [0.25, 0.3) is 0 Å². The van der Waals surface area contributed by atoms with E-state index in [-0.39, 0.29) is 17.7 Å². The fourth-order valence-corrected chi connectivity index (χ4v) is 3.10. The lowest BCUT2D eigenvalue weighted by atomic mass is 10.1. The third-order valence-electron chi connectivity index (χ3n) is 4.53. The van der Waals surface area contributed by atoms with Crippen LogP contribution in [0.15, 0.2) is 63.7 Å². The maximum absolute atomic E-state index is 12.3. The number of nitro groups is 1. The van der Waals surface area contributed by atoms with Crippen molar-refractivity contribution in [3.8, 4) is 0 Å². The van der Waals surface area contributed by atoms with E-state index in [0.29, 0.717) is 11.5 Å².